The highest BCUT2D eigenvalue weighted by Gasteiger charge is 2.26. The fraction of sp³-hybridized carbons (Fsp3) is 0.345. The first kappa shape index (κ1) is 22.3. The van der Waals surface area contributed by atoms with Gasteiger partial charge in [-0.2, -0.15) is 15.1 Å². The van der Waals surface area contributed by atoms with Crippen LogP contribution in [0.5, 0.6) is 0 Å². The molecule has 1 saturated heterocycles. The van der Waals surface area contributed by atoms with Gasteiger partial charge in [0.1, 0.15) is 5.82 Å². The second kappa shape index (κ2) is 9.19. The van der Waals surface area contributed by atoms with E-state index in [0.717, 1.165) is 55.3 Å². The van der Waals surface area contributed by atoms with Gasteiger partial charge in [-0.05, 0) is 47.6 Å². The molecule has 2 N–H and O–H groups in total. The summed E-state index contributed by atoms with van der Waals surface area (Å²) in [7, 11) is 1.94. The van der Waals surface area contributed by atoms with Gasteiger partial charge >= 0.3 is 0 Å². The number of H-pyrrole nitrogens is 1. The highest BCUT2D eigenvalue weighted by molar-refractivity contribution is 5.87. The Morgan fingerprint density at radius 3 is 2.78 bits per heavy atom. The van der Waals surface area contributed by atoms with Crippen LogP contribution >= 0.6 is 0 Å². The number of piperidine rings is 1. The molecule has 0 bridgehead atoms. The Bertz CT molecular complexity index is 1560. The Labute approximate surface area is 215 Å². The molecule has 7 rings (SSSR count). The summed E-state index contributed by atoms with van der Waals surface area (Å²) in [6.45, 7) is 4.00. The number of benzene rings is 2. The van der Waals surface area contributed by atoms with E-state index in [4.69, 9.17) is 14.7 Å². The summed E-state index contributed by atoms with van der Waals surface area (Å²) in [6.07, 6.45) is 6.05. The van der Waals surface area contributed by atoms with E-state index in [1.54, 1.807) is 0 Å². The third-order valence-corrected chi connectivity index (χ3v) is 8.01. The minimum atomic E-state index is 0.280. The Hall–Kier alpha value is -3.91. The van der Waals surface area contributed by atoms with Gasteiger partial charge in [-0.1, -0.05) is 36.4 Å². The van der Waals surface area contributed by atoms with Crippen molar-refractivity contribution in [3.63, 3.8) is 0 Å². The monoisotopic (exact) mass is 493 g/mol. The fourth-order valence-electron chi connectivity index (χ4n) is 6.00. The van der Waals surface area contributed by atoms with Crippen molar-refractivity contribution in [2.75, 3.05) is 36.5 Å². The van der Waals surface area contributed by atoms with E-state index in [2.05, 4.69) is 68.8 Å². The summed E-state index contributed by atoms with van der Waals surface area (Å²) < 4.78 is 7.71. The Morgan fingerprint density at radius 2 is 1.86 bits per heavy atom. The number of aryl methyl sites for hydroxylation is 1. The van der Waals surface area contributed by atoms with Crippen molar-refractivity contribution < 1.29 is 4.74 Å². The molecule has 5 heterocycles. The smallest absolute Gasteiger partial charge is 0.229 e. The number of aromatic nitrogens is 5. The first-order valence-electron chi connectivity index (χ1n) is 13.1. The molecule has 37 heavy (non-hydrogen) atoms. The maximum Gasteiger partial charge on any atom is 0.229 e. The van der Waals surface area contributed by atoms with E-state index in [0.29, 0.717) is 19.1 Å². The zero-order valence-electron chi connectivity index (χ0n) is 21.0. The molecule has 3 aromatic heterocycles. The summed E-state index contributed by atoms with van der Waals surface area (Å²) >= 11 is 0. The normalized spacial score (nSPS) is 18.4. The van der Waals surface area contributed by atoms with Gasteiger partial charge in [-0.3, -0.25) is 4.68 Å². The van der Waals surface area contributed by atoms with E-state index < -0.39 is 0 Å². The zero-order valence-corrected chi connectivity index (χ0v) is 21.0. The molecule has 1 atom stereocenters. The van der Waals surface area contributed by atoms with Crippen LogP contribution in [0.1, 0.15) is 41.4 Å². The lowest BCUT2D eigenvalue weighted by molar-refractivity contribution is 0.0937. The third kappa shape index (κ3) is 4.01. The van der Waals surface area contributed by atoms with Gasteiger partial charge in [0.25, 0.3) is 0 Å². The summed E-state index contributed by atoms with van der Waals surface area (Å²) in [5.41, 5.74) is 6.14. The molecule has 1 fully saturated rings. The molecule has 2 aromatic carbocycles. The minimum Gasteiger partial charge on any atom is -0.376 e. The second-order valence-electron chi connectivity index (χ2n) is 10.2. The third-order valence-electron chi connectivity index (χ3n) is 8.01. The topological polar surface area (TPSA) is 83.9 Å². The van der Waals surface area contributed by atoms with E-state index in [1.807, 2.05) is 24.1 Å². The minimum absolute atomic E-state index is 0.280. The lowest BCUT2D eigenvalue weighted by atomic mass is 9.87. The number of anilines is 2. The molecule has 1 unspecified atom stereocenters. The highest BCUT2D eigenvalue weighted by Crippen LogP contribution is 2.35. The van der Waals surface area contributed by atoms with Crippen LogP contribution in [0.4, 0.5) is 11.8 Å². The Morgan fingerprint density at radius 1 is 1.00 bits per heavy atom. The SMILES string of the molecule is Cn1ncc2c(NCC3COCc4ccccc43)nc(N3CCC(c4cccc5[nH]ccc45)CC3)nc21. The van der Waals surface area contributed by atoms with E-state index in [1.165, 1.54) is 27.6 Å². The molecule has 5 aromatic rings. The Balaban J connectivity index is 1.12. The molecule has 0 spiro atoms. The first-order chi connectivity index (χ1) is 18.2. The van der Waals surface area contributed by atoms with Gasteiger partial charge < -0.3 is 19.9 Å². The fourth-order valence-corrected chi connectivity index (χ4v) is 6.00. The van der Waals surface area contributed by atoms with Gasteiger partial charge in [0, 0.05) is 49.7 Å². The number of aromatic amines is 1. The van der Waals surface area contributed by atoms with Crippen LogP contribution in [0, 0.1) is 0 Å². The second-order valence-corrected chi connectivity index (χ2v) is 10.2. The Kier molecular flexibility index (Phi) is 5.54. The van der Waals surface area contributed by atoms with Crippen LogP contribution in [-0.4, -0.2) is 51.0 Å². The molecule has 0 saturated carbocycles. The van der Waals surface area contributed by atoms with Crippen LogP contribution in [-0.2, 0) is 18.4 Å². The predicted octanol–water partition coefficient (Wildman–Crippen LogP) is 4.95. The summed E-state index contributed by atoms with van der Waals surface area (Å²) in [6, 6.07) is 17.4. The molecule has 0 aliphatic carbocycles. The number of nitrogens with zero attached hydrogens (tertiary/aromatic N) is 5. The van der Waals surface area contributed by atoms with Crippen molar-refractivity contribution in [1.29, 1.82) is 0 Å². The largest absolute Gasteiger partial charge is 0.376 e. The van der Waals surface area contributed by atoms with Gasteiger partial charge in [-0.15, -0.1) is 0 Å². The molecule has 188 valence electrons. The van der Waals surface area contributed by atoms with Crippen LogP contribution in [0.25, 0.3) is 21.9 Å². The number of ether oxygens (including phenoxy) is 1. The molecule has 2 aliphatic heterocycles. The zero-order chi connectivity index (χ0) is 24.8. The van der Waals surface area contributed by atoms with Gasteiger partial charge in [0.2, 0.25) is 5.95 Å². The highest BCUT2D eigenvalue weighted by atomic mass is 16.5. The summed E-state index contributed by atoms with van der Waals surface area (Å²) in [5, 5.41) is 10.4. The molecule has 0 radical (unpaired) electrons. The van der Waals surface area contributed by atoms with Gasteiger partial charge in [-0.25, -0.2) is 0 Å². The molecular formula is C29H31N7O. The van der Waals surface area contributed by atoms with Gasteiger partial charge in [0.15, 0.2) is 5.65 Å². The predicted molar refractivity (Wildman–Crippen MR) is 146 cm³/mol. The van der Waals surface area contributed by atoms with Crippen LogP contribution in [0.3, 0.4) is 0 Å². The van der Waals surface area contributed by atoms with Crippen molar-refractivity contribution in [3.8, 4) is 0 Å². The molecule has 8 heteroatoms. The molecular weight excluding hydrogens is 462 g/mol. The maximum absolute atomic E-state index is 5.88. The van der Waals surface area contributed by atoms with Crippen molar-refractivity contribution in [1.82, 2.24) is 24.7 Å². The molecule has 8 nitrogen and oxygen atoms in total. The van der Waals surface area contributed by atoms with E-state index in [-0.39, 0.29) is 5.92 Å². The van der Waals surface area contributed by atoms with Crippen LogP contribution < -0.4 is 10.2 Å². The van der Waals surface area contributed by atoms with Crippen LogP contribution in [0.15, 0.2) is 60.9 Å². The van der Waals surface area contributed by atoms with Crippen molar-refractivity contribution in [2.45, 2.75) is 31.3 Å². The average molecular weight is 494 g/mol. The number of fused-ring (bicyclic) bond motifs is 3. The lowest BCUT2D eigenvalue weighted by Crippen LogP contribution is -2.34. The van der Waals surface area contributed by atoms with Crippen molar-refractivity contribution >= 4 is 33.7 Å². The first-order valence-corrected chi connectivity index (χ1v) is 13.1. The van der Waals surface area contributed by atoms with Crippen molar-refractivity contribution in [3.05, 3.63) is 77.6 Å². The summed E-state index contributed by atoms with van der Waals surface area (Å²) in [5.74, 6) is 2.44. The van der Waals surface area contributed by atoms with Crippen molar-refractivity contribution in [2.24, 2.45) is 7.05 Å². The number of rotatable bonds is 5. The number of nitrogens with one attached hydrogen (secondary N) is 2. The molecule has 0 amide bonds. The lowest BCUT2D eigenvalue weighted by Gasteiger charge is -2.33. The van der Waals surface area contributed by atoms with Gasteiger partial charge in [0.05, 0.1) is 24.8 Å². The maximum atomic E-state index is 5.88. The standard InChI is InChI=1S/C29H31N7O/c1-35-28-25(16-32-35)27(31-15-21-18-37-17-20-5-2-3-6-22(20)21)33-29(34-28)36-13-10-19(11-14-36)23-7-4-8-26-24(23)9-12-30-26/h2-9,12,16,19,21,30H,10-11,13-15,17-18H2,1H3,(H,31,33,34). The molecule has 2 aliphatic rings. The van der Waals surface area contributed by atoms with E-state index >= 15 is 0 Å². The number of hydrogen-bond donors (Lipinski definition) is 2. The van der Waals surface area contributed by atoms with Crippen LogP contribution in [0.2, 0.25) is 0 Å². The average Bonchev–Trinajstić information content (AvgIpc) is 3.58. The quantitative estimate of drug-likeness (QED) is 0.360. The number of hydrogen-bond acceptors (Lipinski definition) is 6. The van der Waals surface area contributed by atoms with E-state index in [9.17, 15) is 0 Å². The summed E-state index contributed by atoms with van der Waals surface area (Å²) in [4.78, 5) is 15.6.